The number of hydrogen-bond donors (Lipinski definition) is 3. The Bertz CT molecular complexity index is 314. The molecule has 1 atom stereocenters. The van der Waals surface area contributed by atoms with E-state index in [0.29, 0.717) is 5.69 Å². The van der Waals surface area contributed by atoms with E-state index in [9.17, 15) is 4.79 Å². The summed E-state index contributed by atoms with van der Waals surface area (Å²) < 4.78 is 0. The Kier molecular flexibility index (Phi) is 2.94. The highest BCUT2D eigenvalue weighted by Crippen LogP contribution is 2.07. The molecular formula is C8H10N2O3. The minimum atomic E-state index is -1.14. The SMILES string of the molecule is N[C@H](C(=O)O)c1cccc(CO)n1. The predicted molar refractivity (Wildman–Crippen MR) is 44.7 cm³/mol. The van der Waals surface area contributed by atoms with Crippen LogP contribution in [0.1, 0.15) is 17.4 Å². The minimum absolute atomic E-state index is 0.222. The third-order valence-corrected chi connectivity index (χ3v) is 1.57. The van der Waals surface area contributed by atoms with E-state index in [4.69, 9.17) is 15.9 Å². The molecule has 0 saturated heterocycles. The fraction of sp³-hybridized carbons (Fsp3) is 0.250. The van der Waals surface area contributed by atoms with Crippen molar-refractivity contribution in [3.8, 4) is 0 Å². The fourth-order valence-corrected chi connectivity index (χ4v) is 0.886. The third kappa shape index (κ3) is 2.24. The van der Waals surface area contributed by atoms with Crippen molar-refractivity contribution in [2.45, 2.75) is 12.6 Å². The number of aliphatic hydroxyl groups is 1. The number of carboxylic acids is 1. The minimum Gasteiger partial charge on any atom is -0.480 e. The maximum Gasteiger partial charge on any atom is 0.326 e. The van der Waals surface area contributed by atoms with E-state index in [1.807, 2.05) is 0 Å². The van der Waals surface area contributed by atoms with Gasteiger partial charge in [0.25, 0.3) is 0 Å². The summed E-state index contributed by atoms with van der Waals surface area (Å²) in [6.45, 7) is -0.222. The summed E-state index contributed by atoms with van der Waals surface area (Å²) in [5.41, 5.74) is 5.98. The first-order valence-corrected chi connectivity index (χ1v) is 3.70. The van der Waals surface area contributed by atoms with Gasteiger partial charge in [-0.25, -0.2) is 0 Å². The van der Waals surface area contributed by atoms with Gasteiger partial charge >= 0.3 is 5.97 Å². The number of nitrogens with two attached hydrogens (primary N) is 1. The van der Waals surface area contributed by atoms with Crippen LogP contribution in [0.2, 0.25) is 0 Å². The second-order valence-electron chi connectivity index (χ2n) is 2.53. The lowest BCUT2D eigenvalue weighted by atomic mass is 10.2. The van der Waals surface area contributed by atoms with Gasteiger partial charge in [0.15, 0.2) is 0 Å². The normalized spacial score (nSPS) is 12.5. The number of pyridine rings is 1. The van der Waals surface area contributed by atoms with Gasteiger partial charge in [0.05, 0.1) is 18.0 Å². The summed E-state index contributed by atoms with van der Waals surface area (Å²) in [5.74, 6) is -1.14. The first-order chi connectivity index (χ1) is 6.15. The molecule has 70 valence electrons. The van der Waals surface area contributed by atoms with Gasteiger partial charge in [-0.05, 0) is 12.1 Å². The number of aliphatic carboxylic acids is 1. The Labute approximate surface area is 74.8 Å². The van der Waals surface area contributed by atoms with E-state index in [2.05, 4.69) is 4.98 Å². The molecule has 0 aliphatic rings. The molecule has 0 radical (unpaired) electrons. The molecular weight excluding hydrogens is 172 g/mol. The molecule has 0 saturated carbocycles. The van der Waals surface area contributed by atoms with E-state index in [-0.39, 0.29) is 12.3 Å². The number of rotatable bonds is 3. The molecule has 1 rings (SSSR count). The molecule has 0 aliphatic heterocycles. The van der Waals surface area contributed by atoms with Crippen LogP contribution >= 0.6 is 0 Å². The lowest BCUT2D eigenvalue weighted by Gasteiger charge is -2.06. The Morgan fingerprint density at radius 1 is 1.62 bits per heavy atom. The van der Waals surface area contributed by atoms with Crippen LogP contribution in [0.3, 0.4) is 0 Å². The zero-order chi connectivity index (χ0) is 9.84. The largest absolute Gasteiger partial charge is 0.480 e. The van der Waals surface area contributed by atoms with Crippen molar-refractivity contribution in [1.82, 2.24) is 4.98 Å². The maximum absolute atomic E-state index is 10.5. The van der Waals surface area contributed by atoms with Crippen LogP contribution < -0.4 is 5.73 Å². The fourth-order valence-electron chi connectivity index (χ4n) is 0.886. The summed E-state index contributed by atoms with van der Waals surface area (Å²) in [7, 11) is 0. The van der Waals surface area contributed by atoms with Crippen molar-refractivity contribution in [3.63, 3.8) is 0 Å². The smallest absolute Gasteiger partial charge is 0.326 e. The molecule has 0 amide bonds. The highest BCUT2D eigenvalue weighted by molar-refractivity contribution is 5.74. The van der Waals surface area contributed by atoms with Crippen LogP contribution in [0, 0.1) is 0 Å². The van der Waals surface area contributed by atoms with Crippen molar-refractivity contribution < 1.29 is 15.0 Å². The number of aromatic nitrogens is 1. The number of carbonyl (C=O) groups is 1. The van der Waals surface area contributed by atoms with E-state index in [0.717, 1.165) is 0 Å². The van der Waals surface area contributed by atoms with Crippen LogP contribution in [0.25, 0.3) is 0 Å². The van der Waals surface area contributed by atoms with Crippen LogP contribution in [0.15, 0.2) is 18.2 Å². The van der Waals surface area contributed by atoms with Crippen molar-refractivity contribution in [2.24, 2.45) is 5.73 Å². The van der Waals surface area contributed by atoms with E-state index >= 15 is 0 Å². The Morgan fingerprint density at radius 2 is 2.31 bits per heavy atom. The van der Waals surface area contributed by atoms with Crippen LogP contribution in [-0.4, -0.2) is 21.2 Å². The Hall–Kier alpha value is -1.46. The molecule has 0 aliphatic carbocycles. The maximum atomic E-state index is 10.5. The summed E-state index contributed by atoms with van der Waals surface area (Å²) in [6, 6.07) is 3.58. The summed E-state index contributed by atoms with van der Waals surface area (Å²) in [5, 5.41) is 17.3. The van der Waals surface area contributed by atoms with Gasteiger partial charge in [-0.3, -0.25) is 9.78 Å². The molecule has 1 aromatic rings. The van der Waals surface area contributed by atoms with Gasteiger partial charge in [0, 0.05) is 0 Å². The van der Waals surface area contributed by atoms with Crippen LogP contribution in [-0.2, 0) is 11.4 Å². The first-order valence-electron chi connectivity index (χ1n) is 3.70. The molecule has 1 aromatic heterocycles. The first kappa shape index (κ1) is 9.63. The molecule has 0 aromatic carbocycles. The van der Waals surface area contributed by atoms with Crippen molar-refractivity contribution in [3.05, 3.63) is 29.6 Å². The standard InChI is InChI=1S/C8H10N2O3/c9-7(8(12)13)6-3-1-2-5(4-11)10-6/h1-3,7,11H,4,9H2,(H,12,13)/t7-/m0/s1. The Morgan fingerprint density at radius 3 is 2.85 bits per heavy atom. The van der Waals surface area contributed by atoms with Crippen molar-refractivity contribution in [1.29, 1.82) is 0 Å². The van der Waals surface area contributed by atoms with Gasteiger partial charge < -0.3 is 15.9 Å². The van der Waals surface area contributed by atoms with E-state index in [1.165, 1.54) is 6.07 Å². The number of aliphatic hydroxyl groups excluding tert-OH is 1. The van der Waals surface area contributed by atoms with Crippen molar-refractivity contribution in [2.75, 3.05) is 0 Å². The molecule has 13 heavy (non-hydrogen) atoms. The van der Waals surface area contributed by atoms with Gasteiger partial charge in [-0.15, -0.1) is 0 Å². The second kappa shape index (κ2) is 3.97. The lowest BCUT2D eigenvalue weighted by Crippen LogP contribution is -2.22. The number of carboxylic acid groups (broad SMARTS) is 1. The predicted octanol–water partition coefficient (Wildman–Crippen LogP) is -0.342. The van der Waals surface area contributed by atoms with Gasteiger partial charge in [-0.2, -0.15) is 0 Å². The van der Waals surface area contributed by atoms with E-state index in [1.54, 1.807) is 12.1 Å². The molecule has 4 N–H and O–H groups in total. The lowest BCUT2D eigenvalue weighted by molar-refractivity contribution is -0.138. The molecule has 5 nitrogen and oxygen atoms in total. The third-order valence-electron chi connectivity index (χ3n) is 1.57. The average molecular weight is 182 g/mol. The number of hydrogen-bond acceptors (Lipinski definition) is 4. The number of nitrogens with zero attached hydrogens (tertiary/aromatic N) is 1. The van der Waals surface area contributed by atoms with Gasteiger partial charge in [0.1, 0.15) is 6.04 Å². The highest BCUT2D eigenvalue weighted by Gasteiger charge is 2.15. The zero-order valence-corrected chi connectivity index (χ0v) is 6.84. The highest BCUT2D eigenvalue weighted by atomic mass is 16.4. The quantitative estimate of drug-likeness (QED) is 0.594. The van der Waals surface area contributed by atoms with E-state index < -0.39 is 12.0 Å². The van der Waals surface area contributed by atoms with Crippen molar-refractivity contribution >= 4 is 5.97 Å². The molecule has 0 spiro atoms. The molecule has 0 bridgehead atoms. The van der Waals surface area contributed by atoms with Gasteiger partial charge in [0.2, 0.25) is 0 Å². The van der Waals surface area contributed by atoms with Crippen LogP contribution in [0.5, 0.6) is 0 Å². The second-order valence-corrected chi connectivity index (χ2v) is 2.53. The zero-order valence-electron chi connectivity index (χ0n) is 6.84. The molecule has 1 heterocycles. The monoisotopic (exact) mass is 182 g/mol. The summed E-state index contributed by atoms with van der Waals surface area (Å²) in [4.78, 5) is 14.3. The summed E-state index contributed by atoms with van der Waals surface area (Å²) >= 11 is 0. The topological polar surface area (TPSA) is 96.4 Å². The average Bonchev–Trinajstić information content (AvgIpc) is 2.16. The summed E-state index contributed by atoms with van der Waals surface area (Å²) in [6.07, 6.45) is 0. The molecule has 5 heteroatoms. The Balaban J connectivity index is 2.94. The molecule has 0 unspecified atom stereocenters. The molecule has 0 fully saturated rings. The van der Waals surface area contributed by atoms with Gasteiger partial charge in [-0.1, -0.05) is 6.07 Å². The van der Waals surface area contributed by atoms with Crippen LogP contribution in [0.4, 0.5) is 0 Å².